The first-order valence-electron chi connectivity index (χ1n) is 12.5. The van der Waals surface area contributed by atoms with E-state index in [9.17, 15) is 29.1 Å². The number of carbonyl (C=O) groups is 5. The predicted molar refractivity (Wildman–Crippen MR) is 143 cm³/mol. The summed E-state index contributed by atoms with van der Waals surface area (Å²) in [4.78, 5) is 65.4. The fourth-order valence-corrected chi connectivity index (χ4v) is 3.57. The zero-order valence-corrected chi connectivity index (χ0v) is 22.1. The van der Waals surface area contributed by atoms with Gasteiger partial charge in [-0.1, -0.05) is 44.2 Å². The lowest BCUT2D eigenvalue weighted by molar-refractivity contribution is -0.143. The molecular weight excluding hydrogens is 510 g/mol. The number of amides is 3. The summed E-state index contributed by atoms with van der Waals surface area (Å²) in [7, 11) is 0. The second-order valence-electron chi connectivity index (χ2n) is 9.37. The molecule has 0 bridgehead atoms. The Morgan fingerprint density at radius 1 is 0.872 bits per heavy atom. The Hall–Kier alpha value is -4.20. The van der Waals surface area contributed by atoms with E-state index >= 15 is 0 Å². The zero-order chi connectivity index (χ0) is 29.5. The van der Waals surface area contributed by atoms with Crippen molar-refractivity contribution >= 4 is 35.6 Å². The fraction of sp³-hybridized carbons (Fsp3) is 0.520. The van der Waals surface area contributed by atoms with Gasteiger partial charge in [0.2, 0.25) is 17.7 Å². The highest BCUT2D eigenvalue weighted by molar-refractivity contribution is 5.94. The molecular formula is C25H39N7O7. The summed E-state index contributed by atoms with van der Waals surface area (Å²) >= 11 is 0. The maximum atomic E-state index is 13.1. The summed E-state index contributed by atoms with van der Waals surface area (Å²) in [6.45, 7) is 3.61. The Kier molecular flexibility index (Phi) is 14.0. The van der Waals surface area contributed by atoms with Crippen molar-refractivity contribution in [1.82, 2.24) is 16.0 Å². The maximum Gasteiger partial charge on any atom is 0.326 e. The van der Waals surface area contributed by atoms with Gasteiger partial charge < -0.3 is 43.4 Å². The number of carbonyl (C=O) groups excluding carboxylic acids is 3. The quantitative estimate of drug-likeness (QED) is 0.0645. The Bertz CT molecular complexity index is 1010. The molecule has 0 radical (unpaired) electrons. The van der Waals surface area contributed by atoms with E-state index in [0.717, 1.165) is 0 Å². The van der Waals surface area contributed by atoms with Crippen LogP contribution < -0.4 is 33.2 Å². The lowest BCUT2D eigenvalue weighted by atomic mass is 10.0. The summed E-state index contributed by atoms with van der Waals surface area (Å²) < 4.78 is 0. The molecule has 0 aliphatic carbocycles. The van der Waals surface area contributed by atoms with Gasteiger partial charge in [-0.3, -0.25) is 24.2 Å². The van der Waals surface area contributed by atoms with Crippen molar-refractivity contribution in [3.63, 3.8) is 0 Å². The summed E-state index contributed by atoms with van der Waals surface area (Å²) in [5.41, 5.74) is 17.1. The monoisotopic (exact) mass is 549 g/mol. The summed E-state index contributed by atoms with van der Waals surface area (Å²) in [6.07, 6.45) is -0.109. The van der Waals surface area contributed by atoms with Crippen LogP contribution in [-0.4, -0.2) is 76.5 Å². The van der Waals surface area contributed by atoms with Crippen LogP contribution in [0, 0.1) is 5.92 Å². The number of aliphatic carboxylic acids is 2. The number of benzene rings is 1. The summed E-state index contributed by atoms with van der Waals surface area (Å²) in [6, 6.07) is 3.89. The van der Waals surface area contributed by atoms with Gasteiger partial charge in [-0.15, -0.1) is 0 Å². The number of nitrogens with one attached hydrogen (secondary N) is 3. The molecule has 0 unspecified atom stereocenters. The standard InChI is InChI=1S/C25H39N7O7/c1-14(2)20(32-21(35)16(26)9-6-12-29-25(27)28)23(37)30-17(10-11-19(33)34)22(36)31-18(24(38)39)13-15-7-4-3-5-8-15/h3-5,7-8,14,16-18,20H,6,9-13,26H2,1-2H3,(H,30,37)(H,31,36)(H,32,35)(H,33,34)(H,38,39)(H4,27,28,29)/t16-,17-,18-,20-/m0/s1. The van der Waals surface area contributed by atoms with E-state index in [-0.39, 0.29) is 31.8 Å². The Labute approximate surface area is 226 Å². The molecule has 14 heteroatoms. The number of carboxylic acid groups (broad SMARTS) is 2. The lowest BCUT2D eigenvalue weighted by Crippen LogP contribution is -2.58. The SMILES string of the molecule is CC(C)[C@H](NC(=O)[C@@H](N)CCCN=C(N)N)C(=O)N[C@@H](CCC(=O)O)C(=O)N[C@@H](Cc1ccccc1)C(=O)O. The van der Waals surface area contributed by atoms with Crippen LogP contribution >= 0.6 is 0 Å². The van der Waals surface area contributed by atoms with E-state index < -0.39 is 66.2 Å². The third-order valence-corrected chi connectivity index (χ3v) is 5.73. The molecule has 1 aromatic carbocycles. The van der Waals surface area contributed by atoms with Crippen LogP contribution in [0.25, 0.3) is 0 Å². The van der Waals surface area contributed by atoms with Gasteiger partial charge in [0.15, 0.2) is 5.96 Å². The third-order valence-electron chi connectivity index (χ3n) is 5.73. The van der Waals surface area contributed by atoms with Gasteiger partial charge in [-0.2, -0.15) is 0 Å². The van der Waals surface area contributed by atoms with E-state index in [2.05, 4.69) is 20.9 Å². The first-order chi connectivity index (χ1) is 18.3. The van der Waals surface area contributed by atoms with Crippen molar-refractivity contribution in [2.75, 3.05) is 6.54 Å². The van der Waals surface area contributed by atoms with Gasteiger partial charge in [0.1, 0.15) is 18.1 Å². The summed E-state index contributed by atoms with van der Waals surface area (Å²) in [5.74, 6) is -5.21. The van der Waals surface area contributed by atoms with Gasteiger partial charge >= 0.3 is 11.9 Å². The number of aliphatic imine (C=N–C) groups is 1. The largest absolute Gasteiger partial charge is 0.481 e. The van der Waals surface area contributed by atoms with Crippen molar-refractivity contribution in [1.29, 1.82) is 0 Å². The van der Waals surface area contributed by atoms with Gasteiger partial charge in [-0.05, 0) is 30.7 Å². The molecule has 4 atom stereocenters. The van der Waals surface area contributed by atoms with Crippen LogP contribution in [0.2, 0.25) is 0 Å². The van der Waals surface area contributed by atoms with Crippen molar-refractivity contribution in [2.24, 2.45) is 28.1 Å². The number of rotatable bonds is 17. The number of hydrogen-bond donors (Lipinski definition) is 8. The molecule has 0 aromatic heterocycles. The van der Waals surface area contributed by atoms with Crippen molar-refractivity contribution in [2.45, 2.75) is 70.1 Å². The molecule has 11 N–H and O–H groups in total. The minimum absolute atomic E-state index is 0.0206. The van der Waals surface area contributed by atoms with E-state index in [4.69, 9.17) is 22.3 Å². The average molecular weight is 550 g/mol. The predicted octanol–water partition coefficient (Wildman–Crippen LogP) is -1.33. The minimum Gasteiger partial charge on any atom is -0.481 e. The molecule has 1 aromatic rings. The van der Waals surface area contributed by atoms with Crippen molar-refractivity contribution in [3.8, 4) is 0 Å². The van der Waals surface area contributed by atoms with E-state index in [1.807, 2.05) is 0 Å². The van der Waals surface area contributed by atoms with Crippen LogP contribution in [0.3, 0.4) is 0 Å². The van der Waals surface area contributed by atoms with E-state index in [1.54, 1.807) is 44.2 Å². The van der Waals surface area contributed by atoms with Crippen LogP contribution in [0.15, 0.2) is 35.3 Å². The molecule has 0 saturated heterocycles. The van der Waals surface area contributed by atoms with Crippen molar-refractivity contribution in [3.05, 3.63) is 35.9 Å². The first-order valence-corrected chi connectivity index (χ1v) is 12.5. The molecule has 1 rings (SSSR count). The number of hydrogen-bond acceptors (Lipinski definition) is 7. The molecule has 3 amide bonds. The highest BCUT2D eigenvalue weighted by Crippen LogP contribution is 2.08. The van der Waals surface area contributed by atoms with Crippen LogP contribution in [0.5, 0.6) is 0 Å². The molecule has 0 aliphatic rings. The van der Waals surface area contributed by atoms with Gasteiger partial charge in [0.25, 0.3) is 0 Å². The minimum atomic E-state index is -1.36. The van der Waals surface area contributed by atoms with Gasteiger partial charge in [0, 0.05) is 19.4 Å². The average Bonchev–Trinajstić information content (AvgIpc) is 2.86. The topological polar surface area (TPSA) is 252 Å². The first kappa shape index (κ1) is 32.8. The van der Waals surface area contributed by atoms with Crippen LogP contribution in [0.4, 0.5) is 0 Å². The number of carboxylic acids is 2. The number of nitrogens with zero attached hydrogens (tertiary/aromatic N) is 1. The van der Waals surface area contributed by atoms with Gasteiger partial charge in [0.05, 0.1) is 6.04 Å². The number of nitrogens with two attached hydrogens (primary N) is 3. The molecule has 0 saturated carbocycles. The van der Waals surface area contributed by atoms with Crippen molar-refractivity contribution < 1.29 is 34.2 Å². The third kappa shape index (κ3) is 12.7. The zero-order valence-electron chi connectivity index (χ0n) is 22.1. The van der Waals surface area contributed by atoms with Gasteiger partial charge in [-0.25, -0.2) is 4.79 Å². The molecule has 0 spiro atoms. The fourth-order valence-electron chi connectivity index (χ4n) is 3.57. The Morgan fingerprint density at radius 3 is 2.03 bits per heavy atom. The summed E-state index contributed by atoms with van der Waals surface area (Å²) in [5, 5.41) is 26.1. The normalized spacial score (nSPS) is 13.8. The second kappa shape index (κ2) is 16.6. The maximum absolute atomic E-state index is 13.1. The Balaban J connectivity index is 2.93. The molecule has 0 heterocycles. The molecule has 216 valence electrons. The second-order valence-corrected chi connectivity index (χ2v) is 9.37. The van der Waals surface area contributed by atoms with E-state index in [0.29, 0.717) is 12.0 Å². The van der Waals surface area contributed by atoms with Crippen LogP contribution in [0.1, 0.15) is 45.1 Å². The Morgan fingerprint density at radius 2 is 1.49 bits per heavy atom. The highest BCUT2D eigenvalue weighted by atomic mass is 16.4. The number of guanidine groups is 1. The molecule has 39 heavy (non-hydrogen) atoms. The smallest absolute Gasteiger partial charge is 0.326 e. The molecule has 0 fully saturated rings. The van der Waals surface area contributed by atoms with Crippen LogP contribution in [-0.2, 0) is 30.4 Å². The lowest BCUT2D eigenvalue weighted by Gasteiger charge is -2.27. The molecule has 0 aliphatic heterocycles. The molecule has 14 nitrogen and oxygen atoms in total. The highest BCUT2D eigenvalue weighted by Gasteiger charge is 2.32. The van der Waals surface area contributed by atoms with E-state index in [1.165, 1.54) is 0 Å².